The van der Waals surface area contributed by atoms with E-state index in [2.05, 4.69) is 21.2 Å². The summed E-state index contributed by atoms with van der Waals surface area (Å²) in [6.45, 7) is 2.16. The van der Waals surface area contributed by atoms with Gasteiger partial charge < -0.3 is 15.2 Å². The molecular formula is C16H17BrFNO2. The van der Waals surface area contributed by atoms with Gasteiger partial charge in [-0.1, -0.05) is 12.1 Å². The van der Waals surface area contributed by atoms with E-state index in [9.17, 15) is 9.50 Å². The predicted molar refractivity (Wildman–Crippen MR) is 85.3 cm³/mol. The molecule has 0 aliphatic carbocycles. The van der Waals surface area contributed by atoms with Crippen LogP contribution >= 0.6 is 15.9 Å². The first-order valence-corrected chi connectivity index (χ1v) is 7.32. The Balaban J connectivity index is 2.03. The lowest BCUT2D eigenvalue weighted by Crippen LogP contribution is -2.13. The molecule has 112 valence electrons. The van der Waals surface area contributed by atoms with E-state index in [1.165, 1.54) is 6.07 Å². The number of ether oxygens (including phenoxy) is 1. The number of aryl methyl sites for hydroxylation is 1. The molecule has 0 aromatic heterocycles. The van der Waals surface area contributed by atoms with Crippen LogP contribution in [0.2, 0.25) is 0 Å². The van der Waals surface area contributed by atoms with Crippen molar-refractivity contribution in [3.8, 4) is 5.75 Å². The largest absolute Gasteiger partial charge is 0.497 e. The van der Waals surface area contributed by atoms with Crippen molar-refractivity contribution < 1.29 is 14.2 Å². The SMILES string of the molecule is COc1ccc(C(O)CNc2cc(Br)c(F)cc2C)cc1. The van der Waals surface area contributed by atoms with E-state index < -0.39 is 6.10 Å². The van der Waals surface area contributed by atoms with E-state index in [-0.39, 0.29) is 5.82 Å². The number of methoxy groups -OCH3 is 1. The van der Waals surface area contributed by atoms with Crippen LogP contribution in [0, 0.1) is 12.7 Å². The molecule has 3 nitrogen and oxygen atoms in total. The second kappa shape index (κ2) is 6.91. The van der Waals surface area contributed by atoms with Crippen molar-refractivity contribution in [1.29, 1.82) is 0 Å². The molecule has 0 aliphatic rings. The summed E-state index contributed by atoms with van der Waals surface area (Å²) in [5, 5.41) is 13.3. The highest BCUT2D eigenvalue weighted by Crippen LogP contribution is 2.25. The average Bonchev–Trinajstić information content (AvgIpc) is 2.49. The van der Waals surface area contributed by atoms with Crippen LogP contribution in [0.4, 0.5) is 10.1 Å². The van der Waals surface area contributed by atoms with Crippen LogP contribution in [0.1, 0.15) is 17.2 Å². The summed E-state index contributed by atoms with van der Waals surface area (Å²) in [7, 11) is 1.60. The molecule has 21 heavy (non-hydrogen) atoms. The van der Waals surface area contributed by atoms with E-state index in [1.54, 1.807) is 25.3 Å². The highest BCUT2D eigenvalue weighted by atomic mass is 79.9. The fourth-order valence-corrected chi connectivity index (χ4v) is 2.33. The molecule has 0 spiro atoms. The number of rotatable bonds is 5. The Labute approximate surface area is 131 Å². The lowest BCUT2D eigenvalue weighted by Gasteiger charge is -2.15. The van der Waals surface area contributed by atoms with E-state index in [0.717, 1.165) is 22.6 Å². The Morgan fingerprint density at radius 2 is 1.95 bits per heavy atom. The summed E-state index contributed by atoms with van der Waals surface area (Å²) in [6, 6.07) is 10.4. The molecule has 2 N–H and O–H groups in total. The van der Waals surface area contributed by atoms with Crippen LogP contribution in [0.3, 0.4) is 0 Å². The predicted octanol–water partition coefficient (Wildman–Crippen LogP) is 4.05. The van der Waals surface area contributed by atoms with Crippen LogP contribution in [-0.2, 0) is 0 Å². The summed E-state index contributed by atoms with van der Waals surface area (Å²) in [4.78, 5) is 0. The first kappa shape index (κ1) is 15.8. The quantitative estimate of drug-likeness (QED) is 0.851. The van der Waals surface area contributed by atoms with Gasteiger partial charge in [-0.05, 0) is 58.2 Å². The van der Waals surface area contributed by atoms with Crippen molar-refractivity contribution in [2.24, 2.45) is 0 Å². The molecule has 0 amide bonds. The van der Waals surface area contributed by atoms with E-state index in [1.807, 2.05) is 19.1 Å². The minimum Gasteiger partial charge on any atom is -0.497 e. The number of nitrogens with one attached hydrogen (secondary N) is 1. The van der Waals surface area contributed by atoms with Gasteiger partial charge in [0, 0.05) is 12.2 Å². The fourth-order valence-electron chi connectivity index (χ4n) is 1.99. The van der Waals surface area contributed by atoms with Gasteiger partial charge in [0.25, 0.3) is 0 Å². The lowest BCUT2D eigenvalue weighted by atomic mass is 10.1. The lowest BCUT2D eigenvalue weighted by molar-refractivity contribution is 0.191. The Kier molecular flexibility index (Phi) is 5.20. The number of hydrogen-bond acceptors (Lipinski definition) is 3. The van der Waals surface area contributed by atoms with Crippen molar-refractivity contribution in [2.75, 3.05) is 19.0 Å². The molecule has 0 bridgehead atoms. The molecule has 5 heteroatoms. The van der Waals surface area contributed by atoms with Gasteiger partial charge in [0.2, 0.25) is 0 Å². The van der Waals surface area contributed by atoms with E-state index >= 15 is 0 Å². The zero-order valence-electron chi connectivity index (χ0n) is 11.9. The second-order valence-electron chi connectivity index (χ2n) is 4.75. The van der Waals surface area contributed by atoms with Crippen molar-refractivity contribution in [1.82, 2.24) is 0 Å². The van der Waals surface area contributed by atoms with Gasteiger partial charge in [0.15, 0.2) is 0 Å². The standard InChI is InChI=1S/C16H17BrFNO2/c1-10-7-14(18)13(17)8-15(10)19-9-16(20)11-3-5-12(21-2)6-4-11/h3-8,16,19-20H,9H2,1-2H3. The normalized spacial score (nSPS) is 12.0. The summed E-state index contributed by atoms with van der Waals surface area (Å²) < 4.78 is 18.8. The number of hydrogen-bond donors (Lipinski definition) is 2. The summed E-state index contributed by atoms with van der Waals surface area (Å²) >= 11 is 3.16. The van der Waals surface area contributed by atoms with E-state index in [0.29, 0.717) is 11.0 Å². The summed E-state index contributed by atoms with van der Waals surface area (Å²) in [5.74, 6) is 0.450. The Bertz CT molecular complexity index is 616. The molecule has 2 aromatic carbocycles. The van der Waals surface area contributed by atoms with Crippen molar-refractivity contribution in [3.63, 3.8) is 0 Å². The van der Waals surface area contributed by atoms with Gasteiger partial charge >= 0.3 is 0 Å². The Morgan fingerprint density at radius 1 is 1.29 bits per heavy atom. The molecule has 0 saturated carbocycles. The molecule has 1 atom stereocenters. The van der Waals surface area contributed by atoms with Gasteiger partial charge in [0.05, 0.1) is 17.7 Å². The van der Waals surface area contributed by atoms with E-state index in [4.69, 9.17) is 4.74 Å². The van der Waals surface area contributed by atoms with Gasteiger partial charge in [-0.25, -0.2) is 4.39 Å². The minimum absolute atomic E-state index is 0.297. The zero-order valence-corrected chi connectivity index (χ0v) is 13.4. The number of aliphatic hydroxyl groups is 1. The Morgan fingerprint density at radius 3 is 2.57 bits per heavy atom. The monoisotopic (exact) mass is 353 g/mol. The fraction of sp³-hybridized carbons (Fsp3) is 0.250. The number of halogens is 2. The number of benzene rings is 2. The van der Waals surface area contributed by atoms with Crippen LogP contribution in [0.15, 0.2) is 40.9 Å². The maximum absolute atomic E-state index is 13.4. The molecule has 0 saturated heterocycles. The van der Waals surface area contributed by atoms with Gasteiger partial charge in [0.1, 0.15) is 11.6 Å². The van der Waals surface area contributed by atoms with Crippen LogP contribution in [0.25, 0.3) is 0 Å². The van der Waals surface area contributed by atoms with Crippen LogP contribution in [0.5, 0.6) is 5.75 Å². The molecular weight excluding hydrogens is 337 g/mol. The topological polar surface area (TPSA) is 41.5 Å². The first-order valence-electron chi connectivity index (χ1n) is 6.53. The first-order chi connectivity index (χ1) is 10.0. The third-order valence-corrected chi connectivity index (χ3v) is 3.86. The van der Waals surface area contributed by atoms with Gasteiger partial charge in [-0.2, -0.15) is 0 Å². The second-order valence-corrected chi connectivity index (χ2v) is 5.61. The van der Waals surface area contributed by atoms with Crippen LogP contribution < -0.4 is 10.1 Å². The molecule has 0 heterocycles. The van der Waals surface area contributed by atoms with Crippen LogP contribution in [-0.4, -0.2) is 18.8 Å². The zero-order chi connectivity index (χ0) is 15.4. The maximum atomic E-state index is 13.4. The summed E-state index contributed by atoms with van der Waals surface area (Å²) in [5.41, 5.74) is 2.37. The van der Waals surface area contributed by atoms with Gasteiger partial charge in [-0.3, -0.25) is 0 Å². The highest BCUT2D eigenvalue weighted by molar-refractivity contribution is 9.10. The molecule has 0 radical (unpaired) electrons. The molecule has 0 aliphatic heterocycles. The number of anilines is 1. The van der Waals surface area contributed by atoms with Gasteiger partial charge in [-0.15, -0.1) is 0 Å². The molecule has 2 rings (SSSR count). The summed E-state index contributed by atoms with van der Waals surface area (Å²) in [6.07, 6.45) is -0.654. The minimum atomic E-state index is -0.654. The Hall–Kier alpha value is -1.59. The third-order valence-electron chi connectivity index (χ3n) is 3.25. The van der Waals surface area contributed by atoms with Crippen molar-refractivity contribution >= 4 is 21.6 Å². The maximum Gasteiger partial charge on any atom is 0.137 e. The van der Waals surface area contributed by atoms with Crippen molar-refractivity contribution in [2.45, 2.75) is 13.0 Å². The average molecular weight is 354 g/mol. The molecule has 0 fully saturated rings. The third kappa shape index (κ3) is 3.95. The molecule has 1 unspecified atom stereocenters. The number of aliphatic hydroxyl groups excluding tert-OH is 1. The highest BCUT2D eigenvalue weighted by Gasteiger charge is 2.10. The molecule has 2 aromatic rings. The smallest absolute Gasteiger partial charge is 0.137 e. The van der Waals surface area contributed by atoms with Crippen molar-refractivity contribution in [3.05, 3.63) is 57.8 Å².